The minimum absolute atomic E-state index is 0.0471. The number of carboxylic acids is 1. The monoisotopic (exact) mass is 515 g/mol. The summed E-state index contributed by atoms with van der Waals surface area (Å²) in [6.07, 6.45) is 1.45. The number of aromatic carboxylic acids is 1. The molecule has 0 aliphatic rings. The molecule has 0 unspecified atom stereocenters. The molecule has 2 rings (SSSR count). The Labute approximate surface area is 195 Å². The number of benzene rings is 1. The summed E-state index contributed by atoms with van der Waals surface area (Å²) < 4.78 is 2.49. The standard InChI is InChI=1S/C21H27BrClN3O3S/c1-4-18-25-19(23)17(9-24-20(27)14(11-30)7-12(2)3)26(18)10-13-5-6-15(21(28)29)16(22)8-13/h5-6,8,12,14,30H,4,7,9-11H2,1-3H3,(H,24,27)(H,28,29)/t14-/m1/s1. The summed E-state index contributed by atoms with van der Waals surface area (Å²) in [5, 5.41) is 12.5. The summed E-state index contributed by atoms with van der Waals surface area (Å²) in [5.41, 5.74) is 1.83. The quantitative estimate of drug-likeness (QED) is 0.396. The van der Waals surface area contributed by atoms with E-state index < -0.39 is 5.97 Å². The molecule has 1 aromatic heterocycles. The summed E-state index contributed by atoms with van der Waals surface area (Å²) in [7, 11) is 0. The van der Waals surface area contributed by atoms with Gasteiger partial charge in [0, 0.05) is 29.1 Å². The van der Waals surface area contributed by atoms with Crippen molar-refractivity contribution in [2.24, 2.45) is 11.8 Å². The number of hydrogen-bond acceptors (Lipinski definition) is 4. The maximum Gasteiger partial charge on any atom is 0.336 e. The van der Waals surface area contributed by atoms with E-state index in [1.54, 1.807) is 18.2 Å². The Morgan fingerprint density at radius 1 is 1.37 bits per heavy atom. The van der Waals surface area contributed by atoms with Crippen LogP contribution in [0.4, 0.5) is 0 Å². The topological polar surface area (TPSA) is 84.2 Å². The Hall–Kier alpha value is -1.51. The number of amides is 1. The molecule has 164 valence electrons. The zero-order valence-corrected chi connectivity index (χ0v) is 20.5. The number of hydrogen-bond donors (Lipinski definition) is 3. The predicted molar refractivity (Wildman–Crippen MR) is 125 cm³/mol. The summed E-state index contributed by atoms with van der Waals surface area (Å²) in [6.45, 7) is 6.88. The smallest absolute Gasteiger partial charge is 0.336 e. The van der Waals surface area contributed by atoms with Crippen LogP contribution >= 0.6 is 40.2 Å². The van der Waals surface area contributed by atoms with Crippen LogP contribution in [0, 0.1) is 11.8 Å². The van der Waals surface area contributed by atoms with Gasteiger partial charge in [0.1, 0.15) is 5.82 Å². The van der Waals surface area contributed by atoms with E-state index in [1.807, 2.05) is 11.5 Å². The van der Waals surface area contributed by atoms with Gasteiger partial charge in [0.25, 0.3) is 0 Å². The van der Waals surface area contributed by atoms with Gasteiger partial charge in [-0.3, -0.25) is 4.79 Å². The number of nitrogens with one attached hydrogen (secondary N) is 1. The molecule has 0 aliphatic carbocycles. The van der Waals surface area contributed by atoms with Crippen molar-refractivity contribution < 1.29 is 14.7 Å². The molecular formula is C21H27BrClN3O3S. The van der Waals surface area contributed by atoms with Crippen LogP contribution in [0.15, 0.2) is 22.7 Å². The predicted octanol–water partition coefficient (Wildman–Crippen LogP) is 4.82. The first kappa shape index (κ1) is 24.8. The fraction of sp³-hybridized carbons (Fsp3) is 0.476. The van der Waals surface area contributed by atoms with Crippen molar-refractivity contribution in [3.8, 4) is 0 Å². The first-order valence-corrected chi connectivity index (χ1v) is 11.6. The Bertz CT molecular complexity index is 917. The van der Waals surface area contributed by atoms with E-state index in [-0.39, 0.29) is 23.9 Å². The maximum absolute atomic E-state index is 12.6. The molecule has 0 aliphatic heterocycles. The van der Waals surface area contributed by atoms with E-state index in [0.29, 0.717) is 34.3 Å². The number of imidazole rings is 1. The highest BCUT2D eigenvalue weighted by Crippen LogP contribution is 2.23. The lowest BCUT2D eigenvalue weighted by Crippen LogP contribution is -2.33. The lowest BCUT2D eigenvalue weighted by Gasteiger charge is -2.18. The number of aryl methyl sites for hydroxylation is 1. The fourth-order valence-electron chi connectivity index (χ4n) is 3.29. The number of aromatic nitrogens is 2. The highest BCUT2D eigenvalue weighted by atomic mass is 79.9. The first-order chi connectivity index (χ1) is 14.2. The number of carbonyl (C=O) groups excluding carboxylic acids is 1. The Morgan fingerprint density at radius 3 is 2.60 bits per heavy atom. The van der Waals surface area contributed by atoms with Crippen LogP contribution < -0.4 is 5.32 Å². The SMILES string of the molecule is CCc1nc(Cl)c(CNC(=O)[C@@H](CS)CC(C)C)n1Cc1ccc(C(=O)O)c(Br)c1. The third-order valence-corrected chi connectivity index (χ3v) is 6.20. The van der Waals surface area contributed by atoms with E-state index in [9.17, 15) is 14.7 Å². The second kappa shape index (κ2) is 11.2. The van der Waals surface area contributed by atoms with Crippen molar-refractivity contribution in [3.63, 3.8) is 0 Å². The molecule has 1 amide bonds. The first-order valence-electron chi connectivity index (χ1n) is 9.81. The van der Waals surface area contributed by atoms with Crippen molar-refractivity contribution in [3.05, 3.63) is 50.5 Å². The molecule has 30 heavy (non-hydrogen) atoms. The highest BCUT2D eigenvalue weighted by molar-refractivity contribution is 9.10. The number of nitrogens with zero attached hydrogens (tertiary/aromatic N) is 2. The molecule has 1 aromatic carbocycles. The van der Waals surface area contributed by atoms with Crippen LogP contribution in [-0.2, 0) is 24.3 Å². The van der Waals surface area contributed by atoms with E-state index in [2.05, 4.69) is 52.7 Å². The van der Waals surface area contributed by atoms with Crippen molar-refractivity contribution in [1.82, 2.24) is 14.9 Å². The van der Waals surface area contributed by atoms with Gasteiger partial charge < -0.3 is 15.0 Å². The Kier molecular flexibility index (Phi) is 9.25. The lowest BCUT2D eigenvalue weighted by atomic mass is 9.98. The molecule has 1 heterocycles. The van der Waals surface area contributed by atoms with Crippen LogP contribution in [0.2, 0.25) is 5.15 Å². The average molecular weight is 517 g/mol. The minimum atomic E-state index is -0.989. The van der Waals surface area contributed by atoms with Gasteiger partial charge in [-0.1, -0.05) is 38.4 Å². The molecule has 2 N–H and O–H groups in total. The Morgan fingerprint density at radius 2 is 2.07 bits per heavy atom. The van der Waals surface area contributed by atoms with E-state index in [1.165, 1.54) is 0 Å². The van der Waals surface area contributed by atoms with Crippen molar-refractivity contribution >= 4 is 52.0 Å². The number of carboxylic acid groups (broad SMARTS) is 1. The second-order valence-corrected chi connectivity index (χ2v) is 9.13. The van der Waals surface area contributed by atoms with E-state index in [4.69, 9.17) is 11.6 Å². The van der Waals surface area contributed by atoms with Gasteiger partial charge >= 0.3 is 5.97 Å². The molecule has 1 atom stereocenters. The van der Waals surface area contributed by atoms with Crippen LogP contribution in [0.3, 0.4) is 0 Å². The van der Waals surface area contributed by atoms with Crippen LogP contribution in [0.5, 0.6) is 0 Å². The van der Waals surface area contributed by atoms with E-state index in [0.717, 1.165) is 23.5 Å². The number of thiol groups is 1. The van der Waals surface area contributed by atoms with Crippen molar-refractivity contribution in [1.29, 1.82) is 0 Å². The van der Waals surface area contributed by atoms with Gasteiger partial charge in [-0.25, -0.2) is 9.78 Å². The highest BCUT2D eigenvalue weighted by Gasteiger charge is 2.21. The summed E-state index contributed by atoms with van der Waals surface area (Å²) in [4.78, 5) is 28.3. The number of halogens is 2. The van der Waals surface area contributed by atoms with Crippen LogP contribution in [0.1, 0.15) is 54.6 Å². The van der Waals surface area contributed by atoms with Crippen molar-refractivity contribution in [2.45, 2.75) is 46.7 Å². The number of carbonyl (C=O) groups is 2. The van der Waals surface area contributed by atoms with E-state index >= 15 is 0 Å². The molecule has 0 bridgehead atoms. The third-order valence-electron chi connectivity index (χ3n) is 4.80. The van der Waals surface area contributed by atoms with Crippen LogP contribution in [-0.4, -0.2) is 32.3 Å². The molecule has 0 radical (unpaired) electrons. The van der Waals surface area contributed by atoms with Crippen molar-refractivity contribution in [2.75, 3.05) is 5.75 Å². The summed E-state index contributed by atoms with van der Waals surface area (Å²) in [6, 6.07) is 5.11. The zero-order chi connectivity index (χ0) is 22.4. The molecule has 0 spiro atoms. The van der Waals surface area contributed by atoms with Gasteiger partial charge in [-0.05, 0) is 46.0 Å². The van der Waals surface area contributed by atoms with Gasteiger partial charge in [-0.15, -0.1) is 0 Å². The van der Waals surface area contributed by atoms with Gasteiger partial charge in [0.15, 0.2) is 5.15 Å². The zero-order valence-electron chi connectivity index (χ0n) is 17.3. The normalized spacial score (nSPS) is 12.2. The van der Waals surface area contributed by atoms with Gasteiger partial charge in [-0.2, -0.15) is 12.6 Å². The third kappa shape index (κ3) is 6.25. The fourth-order valence-corrected chi connectivity index (χ4v) is 4.47. The number of rotatable bonds is 10. The summed E-state index contributed by atoms with van der Waals surface area (Å²) >= 11 is 14.0. The molecule has 0 fully saturated rings. The Balaban J connectivity index is 2.24. The average Bonchev–Trinajstić information content (AvgIpc) is 2.98. The molecule has 0 saturated carbocycles. The van der Waals surface area contributed by atoms with Gasteiger partial charge in [0.05, 0.1) is 17.8 Å². The molecule has 6 nitrogen and oxygen atoms in total. The second-order valence-electron chi connectivity index (χ2n) is 7.55. The minimum Gasteiger partial charge on any atom is -0.478 e. The maximum atomic E-state index is 12.6. The largest absolute Gasteiger partial charge is 0.478 e. The van der Waals surface area contributed by atoms with Gasteiger partial charge in [0.2, 0.25) is 5.91 Å². The molecule has 2 aromatic rings. The lowest BCUT2D eigenvalue weighted by molar-refractivity contribution is -0.124. The molecular weight excluding hydrogens is 490 g/mol. The summed E-state index contributed by atoms with van der Waals surface area (Å²) in [5.74, 6) is 0.498. The molecule has 0 saturated heterocycles. The van der Waals surface area contributed by atoms with Crippen LogP contribution in [0.25, 0.3) is 0 Å². The molecule has 9 heteroatoms.